The van der Waals surface area contributed by atoms with Gasteiger partial charge in [0.05, 0.1) is 0 Å². The molecular formula is C58H40. The molecule has 0 nitrogen and oxygen atoms in total. The van der Waals surface area contributed by atoms with Crippen molar-refractivity contribution >= 4 is 140 Å². The molecule has 0 aliphatic rings. The molecule has 0 aliphatic heterocycles. The van der Waals surface area contributed by atoms with Gasteiger partial charge in [-0.1, -0.05) is 137 Å². The Labute approximate surface area is 335 Å². The molecule has 0 atom stereocenters. The van der Waals surface area contributed by atoms with E-state index in [0.29, 0.717) is 11.8 Å². The molecule has 0 N–H and O–H groups in total. The Kier molecular flexibility index (Phi) is 5.62. The first-order valence-electron chi connectivity index (χ1n) is 21.2. The quantitative estimate of drug-likeness (QED) is 0.122. The topological polar surface area (TPSA) is 0 Å². The maximum absolute atomic E-state index is 2.61. The smallest absolute Gasteiger partial charge is 0.00137 e. The molecule has 0 fully saturated rings. The van der Waals surface area contributed by atoms with E-state index in [2.05, 4.69) is 163 Å². The standard InChI is InChI=1S/C58H40/c1-27(2)47-46-26-44-38-20-21-39-49-29(5)13-15-31-9-7-11-33(51(31)49)35-17-18-37(53(38)54(35)39)43(44)25-45(46)48(28(3)4)58-42-24-23-40-50-30(6)14-16-32-10-8-12-34(52(32)50)36-19-22-41(57(47)58)56(42)55(36)40/h7-28H,1-6H3. The summed E-state index contributed by atoms with van der Waals surface area (Å²) in [6.07, 6.45) is 0. The Balaban J connectivity index is 1.19. The molecule has 0 aromatic heterocycles. The van der Waals surface area contributed by atoms with Crippen molar-refractivity contribution < 1.29 is 0 Å². The summed E-state index contributed by atoms with van der Waals surface area (Å²) in [7, 11) is 0. The molecule has 0 saturated heterocycles. The van der Waals surface area contributed by atoms with E-state index < -0.39 is 0 Å². The van der Waals surface area contributed by atoms with Crippen molar-refractivity contribution in [3.63, 3.8) is 0 Å². The van der Waals surface area contributed by atoms with E-state index in [9.17, 15) is 0 Å². The van der Waals surface area contributed by atoms with E-state index >= 15 is 0 Å². The Hall–Kier alpha value is -6.50. The van der Waals surface area contributed by atoms with Crippen LogP contribution in [-0.4, -0.2) is 0 Å². The molecule has 0 heterocycles. The summed E-state index contributed by atoms with van der Waals surface area (Å²) in [4.78, 5) is 0. The zero-order valence-corrected chi connectivity index (χ0v) is 33.7. The maximum atomic E-state index is 2.61. The Morgan fingerprint density at radius 3 is 1.00 bits per heavy atom. The van der Waals surface area contributed by atoms with Gasteiger partial charge in [0.1, 0.15) is 0 Å². The summed E-state index contributed by atoms with van der Waals surface area (Å²) in [5.74, 6) is 0.680. The van der Waals surface area contributed by atoms with Gasteiger partial charge in [0.2, 0.25) is 0 Å². The van der Waals surface area contributed by atoms with Crippen LogP contribution in [0.1, 0.15) is 61.8 Å². The second kappa shape index (κ2) is 10.3. The highest BCUT2D eigenvalue weighted by Crippen LogP contribution is 2.54. The third-order valence-corrected chi connectivity index (χ3v) is 14.7. The van der Waals surface area contributed by atoms with Crippen molar-refractivity contribution in [1.82, 2.24) is 0 Å². The average Bonchev–Trinajstić information content (AvgIpc) is 3.73. The fourth-order valence-corrected chi connectivity index (χ4v) is 12.6. The molecule has 0 bridgehead atoms. The van der Waals surface area contributed by atoms with Crippen LogP contribution in [0.5, 0.6) is 0 Å². The summed E-state index contributed by atoms with van der Waals surface area (Å²) >= 11 is 0. The average molecular weight is 737 g/mol. The van der Waals surface area contributed by atoms with E-state index in [4.69, 9.17) is 0 Å². The van der Waals surface area contributed by atoms with Crippen molar-refractivity contribution in [2.75, 3.05) is 0 Å². The number of fused-ring (bicyclic) bond motifs is 11. The molecule has 0 radical (unpaired) electrons. The molecule has 14 aromatic rings. The normalized spacial score (nSPS) is 13.3. The minimum Gasteiger partial charge on any atom is -0.0610 e. The van der Waals surface area contributed by atoms with Gasteiger partial charge in [-0.2, -0.15) is 0 Å². The molecule has 14 aromatic carbocycles. The van der Waals surface area contributed by atoms with Crippen molar-refractivity contribution in [3.05, 3.63) is 144 Å². The van der Waals surface area contributed by atoms with Gasteiger partial charge in [-0.3, -0.25) is 0 Å². The molecule has 0 saturated carbocycles. The van der Waals surface area contributed by atoms with Gasteiger partial charge in [0.15, 0.2) is 0 Å². The van der Waals surface area contributed by atoms with Crippen LogP contribution in [0.25, 0.3) is 140 Å². The highest BCUT2D eigenvalue weighted by Gasteiger charge is 2.28. The number of aryl methyl sites for hydroxylation is 2. The number of benzene rings is 12. The van der Waals surface area contributed by atoms with E-state index in [0.717, 1.165) is 0 Å². The van der Waals surface area contributed by atoms with E-state index in [1.165, 1.54) is 162 Å². The van der Waals surface area contributed by atoms with Crippen LogP contribution >= 0.6 is 0 Å². The van der Waals surface area contributed by atoms with Crippen LogP contribution in [0.4, 0.5) is 0 Å². The first kappa shape index (κ1) is 31.6. The maximum Gasteiger partial charge on any atom is -0.00137 e. The summed E-state index contributed by atoms with van der Waals surface area (Å²) in [6, 6.07) is 47.8. The van der Waals surface area contributed by atoms with E-state index in [1.54, 1.807) is 0 Å². The molecule has 0 spiro atoms. The van der Waals surface area contributed by atoms with Gasteiger partial charge >= 0.3 is 0 Å². The summed E-state index contributed by atoms with van der Waals surface area (Å²) in [5, 5.41) is 36.3. The predicted octanol–water partition coefficient (Wildman–Crippen LogP) is 17.3. The van der Waals surface area contributed by atoms with Gasteiger partial charge in [-0.25, -0.2) is 0 Å². The first-order valence-corrected chi connectivity index (χ1v) is 21.2. The highest BCUT2D eigenvalue weighted by molar-refractivity contribution is 6.45. The number of hydrogen-bond acceptors (Lipinski definition) is 0. The molecule has 0 heteroatoms. The zero-order valence-electron chi connectivity index (χ0n) is 33.7. The second-order valence-corrected chi connectivity index (χ2v) is 18.3. The fraction of sp³-hybridized carbons (Fsp3) is 0.138. The molecule has 0 unspecified atom stereocenters. The fourth-order valence-electron chi connectivity index (χ4n) is 12.6. The summed E-state index contributed by atoms with van der Waals surface area (Å²) in [5.41, 5.74) is 5.68. The van der Waals surface area contributed by atoms with Crippen molar-refractivity contribution in [2.45, 2.75) is 53.4 Å². The lowest BCUT2D eigenvalue weighted by Crippen LogP contribution is -1.98. The van der Waals surface area contributed by atoms with E-state index in [1.807, 2.05) is 0 Å². The lowest BCUT2D eigenvalue weighted by molar-refractivity contribution is 0.875. The first-order chi connectivity index (χ1) is 28.3. The van der Waals surface area contributed by atoms with Crippen molar-refractivity contribution in [1.29, 1.82) is 0 Å². The van der Waals surface area contributed by atoms with Crippen LogP contribution in [0, 0.1) is 13.8 Å². The van der Waals surface area contributed by atoms with E-state index in [-0.39, 0.29) is 0 Å². The second-order valence-electron chi connectivity index (χ2n) is 18.3. The minimum atomic E-state index is 0.340. The zero-order chi connectivity index (χ0) is 38.6. The van der Waals surface area contributed by atoms with Crippen molar-refractivity contribution in [2.24, 2.45) is 0 Å². The predicted molar refractivity (Wildman–Crippen MR) is 256 cm³/mol. The molecule has 14 rings (SSSR count). The van der Waals surface area contributed by atoms with Gasteiger partial charge in [-0.05, 0) is 200 Å². The Morgan fingerprint density at radius 2 is 0.586 bits per heavy atom. The van der Waals surface area contributed by atoms with Gasteiger partial charge < -0.3 is 0 Å². The van der Waals surface area contributed by atoms with Gasteiger partial charge in [0, 0.05) is 0 Å². The molecule has 58 heavy (non-hydrogen) atoms. The molecule has 272 valence electrons. The van der Waals surface area contributed by atoms with Crippen LogP contribution in [0.2, 0.25) is 0 Å². The minimum absolute atomic E-state index is 0.340. The summed E-state index contributed by atoms with van der Waals surface area (Å²) < 4.78 is 0. The number of hydrogen-bond donors (Lipinski definition) is 0. The number of rotatable bonds is 2. The Bertz CT molecular complexity index is 4050. The van der Waals surface area contributed by atoms with Crippen LogP contribution < -0.4 is 0 Å². The molecule has 0 aliphatic carbocycles. The lowest BCUT2D eigenvalue weighted by Gasteiger charge is -2.20. The molecule has 0 amide bonds. The van der Waals surface area contributed by atoms with Gasteiger partial charge in [-0.15, -0.1) is 0 Å². The largest absolute Gasteiger partial charge is 0.0610 e. The summed E-state index contributed by atoms with van der Waals surface area (Å²) in [6.45, 7) is 14.2. The van der Waals surface area contributed by atoms with Crippen LogP contribution in [-0.2, 0) is 0 Å². The van der Waals surface area contributed by atoms with Gasteiger partial charge in [0.25, 0.3) is 0 Å². The van der Waals surface area contributed by atoms with Crippen molar-refractivity contribution in [3.8, 4) is 0 Å². The monoisotopic (exact) mass is 736 g/mol. The third kappa shape index (κ3) is 3.46. The third-order valence-electron chi connectivity index (χ3n) is 14.7. The lowest BCUT2D eigenvalue weighted by atomic mass is 9.83. The van der Waals surface area contributed by atoms with Crippen LogP contribution in [0.3, 0.4) is 0 Å². The Morgan fingerprint density at radius 1 is 0.259 bits per heavy atom. The van der Waals surface area contributed by atoms with Crippen LogP contribution in [0.15, 0.2) is 121 Å². The molecular weight excluding hydrogens is 697 g/mol. The highest BCUT2D eigenvalue weighted by atomic mass is 14.3. The SMILES string of the molecule is Cc1ccc2cccc3c4ccc5c6cc7c(C(C)C)c8c9ccc%10c%11c(C)ccc%12cccc(c%13ccc(c8c(C(C)C)c7cc6c6ccc(c1c23)c4c65)c9c%13%10)c%12%11.